The van der Waals surface area contributed by atoms with Crippen molar-refractivity contribution in [3.63, 3.8) is 0 Å². The molecule has 2 heterocycles. The van der Waals surface area contributed by atoms with E-state index in [0.29, 0.717) is 5.89 Å². The molecule has 0 unspecified atom stereocenters. The Labute approximate surface area is 168 Å². The molecule has 0 bridgehead atoms. The van der Waals surface area contributed by atoms with Crippen molar-refractivity contribution in [3.05, 3.63) is 41.5 Å². The van der Waals surface area contributed by atoms with Gasteiger partial charge in [-0.1, -0.05) is 24.2 Å². The van der Waals surface area contributed by atoms with Crippen LogP contribution in [0.3, 0.4) is 0 Å². The van der Waals surface area contributed by atoms with Crippen molar-refractivity contribution < 1.29 is 22.4 Å². The highest BCUT2D eigenvalue weighted by atomic mass is 19.4. The fourth-order valence-corrected chi connectivity index (χ4v) is 3.34. The fraction of sp³-hybridized carbons (Fsp3) is 0.600. The predicted octanol–water partition coefficient (Wildman–Crippen LogP) is 3.84. The van der Waals surface area contributed by atoms with Crippen molar-refractivity contribution >= 4 is 0 Å². The molecule has 0 aliphatic carbocycles. The first-order valence-corrected chi connectivity index (χ1v) is 9.91. The Morgan fingerprint density at radius 1 is 1.14 bits per heavy atom. The lowest BCUT2D eigenvalue weighted by molar-refractivity contribution is -0.153. The molecule has 0 spiro atoms. The molecule has 1 saturated heterocycles. The summed E-state index contributed by atoms with van der Waals surface area (Å²) in [6.45, 7) is 7.22. The molecular formula is C20H27F3N4O2. The molecule has 29 heavy (non-hydrogen) atoms. The molecule has 6 nitrogen and oxygen atoms in total. The van der Waals surface area contributed by atoms with Crippen LogP contribution in [-0.2, 0) is 13.0 Å². The Hall–Kier alpha value is -2.13. The third-order valence-electron chi connectivity index (χ3n) is 5.00. The molecule has 9 heteroatoms. The standard InChI is InChI=1S/C20H27F3N4O2/c1-3-4-18-24-19(29-25-18)15(2)27-11-9-26(10-12-27)13-16-5-7-17(8-6-16)28-14-20(21,22)23/h5-8,15H,3-4,9-14H2,1-2H3/t15-/m1/s1. The third-order valence-corrected chi connectivity index (χ3v) is 5.00. The Bertz CT molecular complexity index is 756. The van der Waals surface area contributed by atoms with Crippen LogP contribution in [-0.4, -0.2) is 58.9 Å². The second-order valence-corrected chi connectivity index (χ2v) is 7.33. The Morgan fingerprint density at radius 2 is 1.83 bits per heavy atom. The summed E-state index contributed by atoms with van der Waals surface area (Å²) < 4.78 is 46.8. The van der Waals surface area contributed by atoms with E-state index in [1.54, 1.807) is 12.1 Å². The van der Waals surface area contributed by atoms with Gasteiger partial charge < -0.3 is 9.26 Å². The molecule has 0 N–H and O–H groups in total. The average molecular weight is 412 g/mol. The highest BCUT2D eigenvalue weighted by Crippen LogP contribution is 2.22. The van der Waals surface area contributed by atoms with Crippen LogP contribution in [0.1, 0.15) is 43.6 Å². The zero-order chi connectivity index (χ0) is 20.9. The SMILES string of the molecule is CCCc1noc([C@@H](C)N2CCN(Cc3ccc(OCC(F)(F)F)cc3)CC2)n1. The summed E-state index contributed by atoms with van der Waals surface area (Å²) in [5, 5.41) is 4.03. The van der Waals surface area contributed by atoms with Crippen molar-refractivity contribution in [3.8, 4) is 5.75 Å². The van der Waals surface area contributed by atoms with Gasteiger partial charge in [-0.05, 0) is 31.0 Å². The molecule has 1 aliphatic rings. The summed E-state index contributed by atoms with van der Waals surface area (Å²) in [6.07, 6.45) is -2.51. The molecule has 1 aromatic carbocycles. The van der Waals surface area contributed by atoms with Crippen LogP contribution in [0.5, 0.6) is 5.75 Å². The van der Waals surface area contributed by atoms with Gasteiger partial charge in [0.25, 0.3) is 0 Å². The third kappa shape index (κ3) is 6.43. The molecule has 1 fully saturated rings. The summed E-state index contributed by atoms with van der Waals surface area (Å²) >= 11 is 0. The average Bonchev–Trinajstić information content (AvgIpc) is 3.16. The predicted molar refractivity (Wildman–Crippen MR) is 102 cm³/mol. The van der Waals surface area contributed by atoms with E-state index in [1.807, 2.05) is 12.1 Å². The second-order valence-electron chi connectivity index (χ2n) is 7.33. The first-order valence-electron chi connectivity index (χ1n) is 9.91. The Kier molecular flexibility index (Phi) is 7.13. The number of benzene rings is 1. The van der Waals surface area contributed by atoms with Crippen LogP contribution in [0, 0.1) is 0 Å². The van der Waals surface area contributed by atoms with Gasteiger partial charge in [0.15, 0.2) is 12.4 Å². The number of rotatable bonds is 8. The van der Waals surface area contributed by atoms with Crippen molar-refractivity contribution in [2.75, 3.05) is 32.8 Å². The maximum absolute atomic E-state index is 12.2. The summed E-state index contributed by atoms with van der Waals surface area (Å²) in [5.41, 5.74) is 1.05. The number of halogens is 3. The molecule has 0 saturated carbocycles. The monoisotopic (exact) mass is 412 g/mol. The minimum atomic E-state index is -4.33. The fourth-order valence-electron chi connectivity index (χ4n) is 3.34. The summed E-state index contributed by atoms with van der Waals surface area (Å²) in [6, 6.07) is 6.88. The Balaban J connectivity index is 1.45. The lowest BCUT2D eigenvalue weighted by atomic mass is 10.1. The largest absolute Gasteiger partial charge is 0.484 e. The topological polar surface area (TPSA) is 54.6 Å². The van der Waals surface area contributed by atoms with Gasteiger partial charge in [0.1, 0.15) is 5.75 Å². The van der Waals surface area contributed by atoms with Crippen LogP contribution < -0.4 is 4.74 Å². The lowest BCUT2D eigenvalue weighted by Crippen LogP contribution is -2.46. The molecule has 3 rings (SSSR count). The Morgan fingerprint density at radius 3 is 2.45 bits per heavy atom. The minimum Gasteiger partial charge on any atom is -0.484 e. The van der Waals surface area contributed by atoms with Gasteiger partial charge in [0.05, 0.1) is 6.04 Å². The van der Waals surface area contributed by atoms with Gasteiger partial charge in [-0.25, -0.2) is 0 Å². The van der Waals surface area contributed by atoms with Gasteiger partial charge in [-0.3, -0.25) is 9.80 Å². The van der Waals surface area contributed by atoms with Crippen LogP contribution in [0.15, 0.2) is 28.8 Å². The van der Waals surface area contributed by atoms with E-state index >= 15 is 0 Å². The van der Waals surface area contributed by atoms with E-state index < -0.39 is 12.8 Å². The van der Waals surface area contributed by atoms with Gasteiger partial charge in [-0.2, -0.15) is 18.2 Å². The number of hydrogen-bond acceptors (Lipinski definition) is 6. The zero-order valence-corrected chi connectivity index (χ0v) is 16.8. The number of ether oxygens (including phenoxy) is 1. The van der Waals surface area contributed by atoms with Gasteiger partial charge in [0, 0.05) is 39.1 Å². The first kappa shape index (κ1) is 21.6. The normalized spacial score (nSPS) is 17.4. The van der Waals surface area contributed by atoms with E-state index in [9.17, 15) is 13.2 Å². The number of aromatic nitrogens is 2. The van der Waals surface area contributed by atoms with E-state index in [4.69, 9.17) is 9.26 Å². The van der Waals surface area contributed by atoms with Gasteiger partial charge in [0.2, 0.25) is 5.89 Å². The van der Waals surface area contributed by atoms with Crippen molar-refractivity contribution in [1.29, 1.82) is 0 Å². The van der Waals surface area contributed by atoms with Crippen molar-refractivity contribution in [2.24, 2.45) is 0 Å². The van der Waals surface area contributed by atoms with Crippen LogP contribution in [0.25, 0.3) is 0 Å². The maximum Gasteiger partial charge on any atom is 0.422 e. The summed E-state index contributed by atoms with van der Waals surface area (Å²) in [7, 11) is 0. The van der Waals surface area contributed by atoms with Crippen LogP contribution in [0.4, 0.5) is 13.2 Å². The number of aryl methyl sites for hydroxylation is 1. The number of piperazine rings is 1. The zero-order valence-electron chi connectivity index (χ0n) is 16.8. The molecule has 1 aliphatic heterocycles. The van der Waals surface area contributed by atoms with Crippen molar-refractivity contribution in [1.82, 2.24) is 19.9 Å². The number of alkyl halides is 3. The molecule has 160 valence electrons. The molecule has 0 radical (unpaired) electrons. The van der Waals surface area contributed by atoms with E-state index in [1.165, 1.54) is 0 Å². The van der Waals surface area contributed by atoms with Gasteiger partial charge >= 0.3 is 6.18 Å². The maximum atomic E-state index is 12.2. The second kappa shape index (κ2) is 9.58. The van der Waals surface area contributed by atoms with E-state index in [-0.39, 0.29) is 11.8 Å². The van der Waals surface area contributed by atoms with E-state index in [2.05, 4.69) is 33.8 Å². The summed E-state index contributed by atoms with van der Waals surface area (Å²) in [4.78, 5) is 9.14. The molecule has 1 aromatic heterocycles. The molecular weight excluding hydrogens is 385 g/mol. The minimum absolute atomic E-state index is 0.0836. The smallest absolute Gasteiger partial charge is 0.422 e. The quantitative estimate of drug-likeness (QED) is 0.657. The lowest BCUT2D eigenvalue weighted by Gasteiger charge is -2.36. The van der Waals surface area contributed by atoms with Crippen molar-refractivity contribution in [2.45, 2.75) is 45.5 Å². The van der Waals surface area contributed by atoms with Gasteiger partial charge in [-0.15, -0.1) is 0 Å². The molecule has 2 aromatic rings. The molecule has 1 atom stereocenters. The van der Waals surface area contributed by atoms with Crippen LogP contribution >= 0.6 is 0 Å². The molecule has 0 amide bonds. The highest BCUT2D eigenvalue weighted by Gasteiger charge is 2.28. The highest BCUT2D eigenvalue weighted by molar-refractivity contribution is 5.27. The summed E-state index contributed by atoms with van der Waals surface area (Å²) in [5.74, 6) is 1.65. The van der Waals surface area contributed by atoms with Crippen LogP contribution in [0.2, 0.25) is 0 Å². The first-order chi connectivity index (χ1) is 13.8. The number of hydrogen-bond donors (Lipinski definition) is 0. The number of nitrogens with zero attached hydrogens (tertiary/aromatic N) is 4. The van der Waals surface area contributed by atoms with E-state index in [0.717, 1.165) is 57.0 Å².